The molecule has 0 bridgehead atoms. The third-order valence-corrected chi connectivity index (χ3v) is 15.1. The molecule has 0 saturated carbocycles. The molecule has 63 heavy (non-hydrogen) atoms. The van der Waals surface area contributed by atoms with Crippen LogP contribution in [0.5, 0.6) is 5.75 Å². The largest absolute Gasteiger partial charge is 0.493 e. The van der Waals surface area contributed by atoms with E-state index in [2.05, 4.69) is 20.2 Å². The molecule has 8 rings (SSSR count). The number of nitrogens with zero attached hydrogens (tertiary/aromatic N) is 6. The highest BCUT2D eigenvalue weighted by atomic mass is 35.5. The van der Waals surface area contributed by atoms with Gasteiger partial charge in [0.2, 0.25) is 21.8 Å². The first-order valence-electron chi connectivity index (χ1n) is 21.8. The number of hydrogen-bond donors (Lipinski definition) is 1. The number of amides is 3. The molecule has 4 aromatic rings. The lowest BCUT2D eigenvalue weighted by Crippen LogP contribution is -2.52. The molecule has 4 aliphatic rings. The number of anilines is 1. The average Bonchev–Trinajstić information content (AvgIpc) is 3.60. The van der Waals surface area contributed by atoms with Crippen LogP contribution < -0.4 is 15.0 Å². The predicted molar refractivity (Wildman–Crippen MR) is 233 cm³/mol. The SMILES string of the molecule is CCS(=O)(=O)N1CCN(c2ncnc3c(F)c(-c4c(F)cccc4OCCCCCCCN4CCC(c5cc(F)cc6c5CN(C5CCC(=O)NC5=O)C6=O)CC4)c(Cl)cc23)CC1. The number of hydrogen-bond acceptors (Lipinski definition) is 10. The van der Waals surface area contributed by atoms with Crippen molar-refractivity contribution < 1.29 is 40.7 Å². The van der Waals surface area contributed by atoms with Gasteiger partial charge >= 0.3 is 0 Å². The number of rotatable bonds is 15. The first-order valence-corrected chi connectivity index (χ1v) is 23.8. The minimum Gasteiger partial charge on any atom is -0.493 e. The van der Waals surface area contributed by atoms with Gasteiger partial charge in [0.05, 0.1) is 22.9 Å². The summed E-state index contributed by atoms with van der Waals surface area (Å²) in [6, 6.07) is 7.91. The summed E-state index contributed by atoms with van der Waals surface area (Å²) in [6.45, 7) is 5.99. The van der Waals surface area contributed by atoms with Gasteiger partial charge in [0.15, 0.2) is 5.82 Å². The number of nitrogens with one attached hydrogen (secondary N) is 1. The lowest BCUT2D eigenvalue weighted by atomic mass is 9.85. The first kappa shape index (κ1) is 44.8. The van der Waals surface area contributed by atoms with Crippen LogP contribution in [0.2, 0.25) is 5.02 Å². The molecule has 1 atom stereocenters. The van der Waals surface area contributed by atoms with Crippen LogP contribution in [-0.2, 0) is 26.2 Å². The molecular formula is C45H51ClF3N7O6S. The second-order valence-corrected chi connectivity index (χ2v) is 19.4. The summed E-state index contributed by atoms with van der Waals surface area (Å²) in [5.74, 6) is -2.46. The number of piperazine rings is 1. The summed E-state index contributed by atoms with van der Waals surface area (Å²) < 4.78 is 79.0. The fourth-order valence-corrected chi connectivity index (χ4v) is 10.8. The molecule has 13 nitrogen and oxygen atoms in total. The second kappa shape index (κ2) is 19.1. The highest BCUT2D eigenvalue weighted by Gasteiger charge is 2.41. The number of sulfonamides is 1. The standard InChI is InChI=1S/C45H51ClF3N7O6S/c1-2-63(60,61)55-20-18-54(19-21-55)43-32-25-34(46)39(41(49)42(32)50-27-51-43)40-35(48)9-8-10-37(40)62-22-7-5-3-4-6-15-53-16-13-28(14-17-53)30-23-29(47)24-31-33(30)26-56(45(31)59)36-11-12-38(57)52-44(36)58/h8-10,23-25,27-28,36H,2-7,11-22,26H2,1H3,(H,52,57,58). The number of piperidine rings is 2. The van der Waals surface area contributed by atoms with Gasteiger partial charge in [-0.15, -0.1) is 0 Å². The van der Waals surface area contributed by atoms with Crippen LogP contribution in [0.25, 0.3) is 22.0 Å². The Hall–Kier alpha value is -4.84. The molecule has 4 aliphatic heterocycles. The average molecular weight is 910 g/mol. The highest BCUT2D eigenvalue weighted by Crippen LogP contribution is 2.43. The van der Waals surface area contributed by atoms with E-state index in [1.807, 2.05) is 4.90 Å². The van der Waals surface area contributed by atoms with E-state index in [1.54, 1.807) is 19.1 Å². The van der Waals surface area contributed by atoms with Gasteiger partial charge in [-0.3, -0.25) is 19.7 Å². The maximum absolute atomic E-state index is 16.4. The summed E-state index contributed by atoms with van der Waals surface area (Å²) in [4.78, 5) is 51.9. The van der Waals surface area contributed by atoms with Gasteiger partial charge in [-0.25, -0.2) is 31.6 Å². The van der Waals surface area contributed by atoms with Crippen LogP contribution in [0.3, 0.4) is 0 Å². The van der Waals surface area contributed by atoms with E-state index in [9.17, 15) is 27.2 Å². The molecule has 1 unspecified atom stereocenters. The van der Waals surface area contributed by atoms with E-state index in [0.717, 1.165) is 69.3 Å². The van der Waals surface area contributed by atoms with E-state index in [1.165, 1.54) is 39.8 Å². The van der Waals surface area contributed by atoms with Gasteiger partial charge in [0, 0.05) is 55.7 Å². The van der Waals surface area contributed by atoms with E-state index >= 15 is 8.78 Å². The molecule has 5 heterocycles. The van der Waals surface area contributed by atoms with E-state index in [4.69, 9.17) is 16.3 Å². The van der Waals surface area contributed by atoms with Crippen molar-refractivity contribution in [1.29, 1.82) is 0 Å². The van der Waals surface area contributed by atoms with Gasteiger partial charge in [-0.1, -0.05) is 36.9 Å². The zero-order valence-corrected chi connectivity index (χ0v) is 36.8. The number of imide groups is 1. The Morgan fingerprint density at radius 2 is 1.63 bits per heavy atom. The maximum Gasteiger partial charge on any atom is 0.255 e. The summed E-state index contributed by atoms with van der Waals surface area (Å²) in [6.07, 6.45) is 7.90. The minimum absolute atomic E-state index is 0.00766. The van der Waals surface area contributed by atoms with Crippen LogP contribution in [-0.4, -0.2) is 114 Å². The van der Waals surface area contributed by atoms with E-state index in [0.29, 0.717) is 42.9 Å². The van der Waals surface area contributed by atoms with E-state index < -0.39 is 39.4 Å². The molecule has 3 aromatic carbocycles. The molecule has 18 heteroatoms. The number of aromatic nitrogens is 2. The molecule has 1 aromatic heterocycles. The Balaban J connectivity index is 0.803. The number of likely N-dealkylation sites (tertiary alicyclic amines) is 1. The Labute approximate surface area is 370 Å². The van der Waals surface area contributed by atoms with Crippen molar-refractivity contribution in [2.75, 3.05) is 63.1 Å². The Bertz CT molecular complexity index is 2520. The first-order chi connectivity index (χ1) is 30.3. The van der Waals surface area contributed by atoms with Crippen molar-refractivity contribution in [3.63, 3.8) is 0 Å². The number of fused-ring (bicyclic) bond motifs is 2. The molecule has 3 fully saturated rings. The van der Waals surface area contributed by atoms with Crippen molar-refractivity contribution in [3.05, 3.63) is 81.9 Å². The van der Waals surface area contributed by atoms with Crippen molar-refractivity contribution in [3.8, 4) is 16.9 Å². The Kier molecular flexibility index (Phi) is 13.6. The van der Waals surface area contributed by atoms with Gasteiger partial charge in [0.1, 0.15) is 41.1 Å². The number of benzene rings is 3. The molecule has 3 saturated heterocycles. The number of carbonyl (C=O) groups excluding carboxylic acids is 3. The number of carbonyl (C=O) groups is 3. The smallest absolute Gasteiger partial charge is 0.255 e. The fraction of sp³-hybridized carbons (Fsp3) is 0.489. The van der Waals surface area contributed by atoms with Crippen molar-refractivity contribution >= 4 is 56.1 Å². The Morgan fingerprint density at radius 1 is 0.889 bits per heavy atom. The topological polar surface area (TPSA) is 145 Å². The van der Waals surface area contributed by atoms with Crippen LogP contribution in [0.1, 0.15) is 92.1 Å². The van der Waals surface area contributed by atoms with Gasteiger partial charge in [0.25, 0.3) is 5.91 Å². The number of ether oxygens (including phenoxy) is 1. The monoisotopic (exact) mass is 909 g/mol. The molecule has 1 N–H and O–H groups in total. The maximum atomic E-state index is 16.4. The number of halogens is 4. The van der Waals surface area contributed by atoms with Crippen LogP contribution in [0.15, 0.2) is 42.7 Å². The van der Waals surface area contributed by atoms with Crippen LogP contribution in [0.4, 0.5) is 19.0 Å². The molecule has 0 radical (unpaired) electrons. The summed E-state index contributed by atoms with van der Waals surface area (Å²) in [5.41, 5.74) is 1.65. The molecule has 3 amide bonds. The lowest BCUT2D eigenvalue weighted by Gasteiger charge is -2.35. The second-order valence-electron chi connectivity index (χ2n) is 16.7. The predicted octanol–water partition coefficient (Wildman–Crippen LogP) is 6.81. The lowest BCUT2D eigenvalue weighted by molar-refractivity contribution is -0.136. The van der Waals surface area contributed by atoms with E-state index in [-0.39, 0.29) is 83.4 Å². The zero-order chi connectivity index (χ0) is 44.4. The fourth-order valence-electron chi connectivity index (χ4n) is 9.46. The van der Waals surface area contributed by atoms with Gasteiger partial charge in [-0.05, 0) is 106 Å². The van der Waals surface area contributed by atoms with Gasteiger partial charge < -0.3 is 19.4 Å². The van der Waals surface area contributed by atoms with Crippen molar-refractivity contribution in [2.24, 2.45) is 0 Å². The summed E-state index contributed by atoms with van der Waals surface area (Å²) >= 11 is 6.72. The molecule has 0 spiro atoms. The zero-order valence-electron chi connectivity index (χ0n) is 35.2. The third kappa shape index (κ3) is 9.38. The van der Waals surface area contributed by atoms with Gasteiger partial charge in [-0.2, -0.15) is 4.31 Å². The molecule has 0 aliphatic carbocycles. The number of unbranched alkanes of at least 4 members (excludes halogenated alkanes) is 4. The quantitative estimate of drug-likeness (QED) is 0.0998. The van der Waals surface area contributed by atoms with Crippen LogP contribution >= 0.6 is 11.6 Å². The molecular weight excluding hydrogens is 859 g/mol. The minimum atomic E-state index is -3.34. The summed E-state index contributed by atoms with van der Waals surface area (Å²) in [5, 5.41) is 2.62. The highest BCUT2D eigenvalue weighted by molar-refractivity contribution is 7.89. The normalized spacial score (nSPS) is 19.3. The summed E-state index contributed by atoms with van der Waals surface area (Å²) in [7, 11) is -3.34. The molecule has 336 valence electrons. The van der Waals surface area contributed by atoms with Crippen molar-refractivity contribution in [2.45, 2.75) is 83.2 Å². The van der Waals surface area contributed by atoms with Crippen molar-refractivity contribution in [1.82, 2.24) is 29.4 Å². The third-order valence-electron chi connectivity index (χ3n) is 12.9. The Morgan fingerprint density at radius 3 is 2.38 bits per heavy atom. The van der Waals surface area contributed by atoms with Crippen LogP contribution in [0, 0.1) is 17.5 Å².